The summed E-state index contributed by atoms with van der Waals surface area (Å²) in [6, 6.07) is 9.23. The van der Waals surface area contributed by atoms with Gasteiger partial charge in [-0.2, -0.15) is 0 Å². The summed E-state index contributed by atoms with van der Waals surface area (Å²) < 4.78 is 11.8. The van der Waals surface area contributed by atoms with Crippen LogP contribution in [0.1, 0.15) is 30.9 Å². The third-order valence-corrected chi connectivity index (χ3v) is 6.09. The molecule has 1 aliphatic rings. The van der Waals surface area contributed by atoms with Crippen LogP contribution in [0, 0.1) is 5.92 Å². The molecule has 0 atom stereocenters. The van der Waals surface area contributed by atoms with Gasteiger partial charge < -0.3 is 20.1 Å². The standard InChI is InChI=1S/C22H27Cl3N2O2/c1-2-28-21-10-17(13-27-12-15-5-7-26-8-6-15)19(24)11-22(21)29-14-16-3-4-18(23)20(25)9-16/h3-4,9-11,15,26-27H,2,5-8,12-14H2,1H3. The highest BCUT2D eigenvalue weighted by molar-refractivity contribution is 6.42. The Morgan fingerprint density at radius 2 is 1.72 bits per heavy atom. The molecule has 0 bridgehead atoms. The van der Waals surface area contributed by atoms with E-state index in [9.17, 15) is 0 Å². The maximum Gasteiger partial charge on any atom is 0.163 e. The Balaban J connectivity index is 1.64. The molecule has 2 aromatic rings. The molecule has 3 rings (SSSR count). The van der Waals surface area contributed by atoms with Gasteiger partial charge in [-0.15, -0.1) is 0 Å². The van der Waals surface area contributed by atoms with E-state index in [1.165, 1.54) is 12.8 Å². The summed E-state index contributed by atoms with van der Waals surface area (Å²) >= 11 is 18.6. The van der Waals surface area contributed by atoms with Crippen LogP contribution in [0.2, 0.25) is 15.1 Å². The van der Waals surface area contributed by atoms with Crippen molar-refractivity contribution in [1.82, 2.24) is 10.6 Å². The molecule has 7 heteroatoms. The van der Waals surface area contributed by atoms with E-state index in [0.717, 1.165) is 36.7 Å². The molecule has 1 fully saturated rings. The summed E-state index contributed by atoms with van der Waals surface area (Å²) in [5.41, 5.74) is 1.93. The maximum absolute atomic E-state index is 6.53. The minimum atomic E-state index is 0.348. The zero-order chi connectivity index (χ0) is 20.6. The first-order valence-corrected chi connectivity index (χ1v) is 11.1. The Kier molecular flexibility index (Phi) is 8.76. The fourth-order valence-corrected chi connectivity index (χ4v) is 3.92. The number of piperidine rings is 1. The summed E-state index contributed by atoms with van der Waals surface area (Å²) in [5, 5.41) is 8.62. The summed E-state index contributed by atoms with van der Waals surface area (Å²) in [5.74, 6) is 2.02. The molecule has 0 aromatic heterocycles. The summed E-state index contributed by atoms with van der Waals surface area (Å²) in [6.07, 6.45) is 2.43. The van der Waals surface area contributed by atoms with E-state index < -0.39 is 0 Å². The third-order valence-electron chi connectivity index (χ3n) is 5.00. The van der Waals surface area contributed by atoms with Crippen molar-refractivity contribution in [3.63, 3.8) is 0 Å². The van der Waals surface area contributed by atoms with Crippen molar-refractivity contribution in [2.45, 2.75) is 32.9 Å². The Morgan fingerprint density at radius 1 is 0.966 bits per heavy atom. The molecule has 0 aliphatic carbocycles. The molecule has 0 spiro atoms. The average Bonchev–Trinajstić information content (AvgIpc) is 2.72. The van der Waals surface area contributed by atoms with Crippen LogP contribution in [0.15, 0.2) is 30.3 Å². The Morgan fingerprint density at radius 3 is 2.45 bits per heavy atom. The fraction of sp³-hybridized carbons (Fsp3) is 0.455. The Bertz CT molecular complexity index is 811. The van der Waals surface area contributed by atoms with Gasteiger partial charge in [-0.3, -0.25) is 0 Å². The van der Waals surface area contributed by atoms with Crippen LogP contribution >= 0.6 is 34.8 Å². The van der Waals surface area contributed by atoms with E-state index in [4.69, 9.17) is 44.3 Å². The predicted molar refractivity (Wildman–Crippen MR) is 121 cm³/mol. The van der Waals surface area contributed by atoms with Gasteiger partial charge in [0, 0.05) is 17.6 Å². The largest absolute Gasteiger partial charge is 0.490 e. The van der Waals surface area contributed by atoms with Crippen molar-refractivity contribution in [3.8, 4) is 11.5 Å². The predicted octanol–water partition coefficient (Wildman–Crippen LogP) is 5.71. The van der Waals surface area contributed by atoms with E-state index >= 15 is 0 Å². The van der Waals surface area contributed by atoms with Crippen molar-refractivity contribution < 1.29 is 9.47 Å². The molecule has 29 heavy (non-hydrogen) atoms. The third kappa shape index (κ3) is 6.66. The van der Waals surface area contributed by atoms with Gasteiger partial charge in [0.25, 0.3) is 0 Å². The lowest BCUT2D eigenvalue weighted by molar-refractivity contribution is 0.269. The minimum Gasteiger partial charge on any atom is -0.490 e. The van der Waals surface area contributed by atoms with Gasteiger partial charge in [0.15, 0.2) is 11.5 Å². The van der Waals surface area contributed by atoms with Crippen LogP contribution in [0.3, 0.4) is 0 Å². The highest BCUT2D eigenvalue weighted by Crippen LogP contribution is 2.34. The van der Waals surface area contributed by atoms with Crippen molar-refractivity contribution >= 4 is 34.8 Å². The van der Waals surface area contributed by atoms with E-state index in [-0.39, 0.29) is 0 Å². The first-order valence-electron chi connectivity index (χ1n) is 10.00. The van der Waals surface area contributed by atoms with Gasteiger partial charge in [-0.1, -0.05) is 40.9 Å². The number of rotatable bonds is 9. The highest BCUT2D eigenvalue weighted by Gasteiger charge is 2.15. The topological polar surface area (TPSA) is 42.5 Å². The number of ether oxygens (including phenoxy) is 2. The number of halogens is 3. The lowest BCUT2D eigenvalue weighted by atomic mass is 9.98. The number of hydrogen-bond donors (Lipinski definition) is 2. The lowest BCUT2D eigenvalue weighted by Gasteiger charge is -2.23. The lowest BCUT2D eigenvalue weighted by Crippen LogP contribution is -2.33. The van der Waals surface area contributed by atoms with Crippen LogP contribution in [0.25, 0.3) is 0 Å². The van der Waals surface area contributed by atoms with Crippen molar-refractivity contribution in [2.24, 2.45) is 5.92 Å². The molecule has 2 N–H and O–H groups in total. The van der Waals surface area contributed by atoms with Crippen LogP contribution in [-0.2, 0) is 13.2 Å². The van der Waals surface area contributed by atoms with Crippen LogP contribution in [0.5, 0.6) is 11.5 Å². The smallest absolute Gasteiger partial charge is 0.163 e. The second-order valence-electron chi connectivity index (χ2n) is 7.18. The molecule has 0 radical (unpaired) electrons. The second kappa shape index (κ2) is 11.3. The van der Waals surface area contributed by atoms with Gasteiger partial charge in [0.05, 0.1) is 16.7 Å². The van der Waals surface area contributed by atoms with Gasteiger partial charge in [-0.05, 0) is 74.6 Å². The van der Waals surface area contributed by atoms with Gasteiger partial charge in [0.2, 0.25) is 0 Å². The Hall–Kier alpha value is -1.17. The summed E-state index contributed by atoms with van der Waals surface area (Å²) in [4.78, 5) is 0. The first-order chi connectivity index (χ1) is 14.1. The van der Waals surface area contributed by atoms with Crippen molar-refractivity contribution in [1.29, 1.82) is 0 Å². The molecule has 0 unspecified atom stereocenters. The zero-order valence-electron chi connectivity index (χ0n) is 16.6. The first kappa shape index (κ1) is 22.5. The quantitative estimate of drug-likeness (QED) is 0.506. The molecule has 1 saturated heterocycles. The van der Waals surface area contributed by atoms with Gasteiger partial charge in [-0.25, -0.2) is 0 Å². The number of hydrogen-bond acceptors (Lipinski definition) is 4. The molecular weight excluding hydrogens is 431 g/mol. The average molecular weight is 458 g/mol. The van der Waals surface area contributed by atoms with Crippen LogP contribution < -0.4 is 20.1 Å². The monoisotopic (exact) mass is 456 g/mol. The molecule has 0 saturated carbocycles. The van der Waals surface area contributed by atoms with Crippen molar-refractivity contribution in [3.05, 3.63) is 56.5 Å². The molecule has 158 valence electrons. The SMILES string of the molecule is CCOc1cc(CNCC2CCNCC2)c(Cl)cc1OCc1ccc(Cl)c(Cl)c1. The van der Waals surface area contributed by atoms with Crippen LogP contribution in [0.4, 0.5) is 0 Å². The van der Waals surface area contributed by atoms with E-state index in [1.807, 2.05) is 25.1 Å². The van der Waals surface area contributed by atoms with Crippen molar-refractivity contribution in [2.75, 3.05) is 26.2 Å². The zero-order valence-corrected chi connectivity index (χ0v) is 18.8. The maximum atomic E-state index is 6.53. The molecular formula is C22H27Cl3N2O2. The van der Waals surface area contributed by atoms with E-state index in [2.05, 4.69) is 10.6 Å². The molecule has 1 aliphatic heterocycles. The number of nitrogens with one attached hydrogen (secondary N) is 2. The van der Waals surface area contributed by atoms with Crippen LogP contribution in [-0.4, -0.2) is 26.2 Å². The summed E-state index contributed by atoms with van der Waals surface area (Å²) in [7, 11) is 0. The minimum absolute atomic E-state index is 0.348. The van der Waals surface area contributed by atoms with E-state index in [1.54, 1.807) is 12.1 Å². The molecule has 2 aromatic carbocycles. The van der Waals surface area contributed by atoms with Gasteiger partial charge in [0.1, 0.15) is 6.61 Å². The number of benzene rings is 2. The highest BCUT2D eigenvalue weighted by atomic mass is 35.5. The molecule has 4 nitrogen and oxygen atoms in total. The summed E-state index contributed by atoms with van der Waals surface area (Å²) in [6.45, 7) is 6.76. The Labute approximate surface area is 187 Å². The molecule has 0 amide bonds. The molecule has 1 heterocycles. The fourth-order valence-electron chi connectivity index (χ4n) is 3.38. The normalized spacial score (nSPS) is 14.8. The van der Waals surface area contributed by atoms with Gasteiger partial charge >= 0.3 is 0 Å². The second-order valence-corrected chi connectivity index (χ2v) is 8.41. The van der Waals surface area contributed by atoms with E-state index in [0.29, 0.717) is 46.3 Å².